The Morgan fingerprint density at radius 2 is 0.713 bits per heavy atom. The zero-order chi connectivity index (χ0) is 52.7. The summed E-state index contributed by atoms with van der Waals surface area (Å²) in [7, 11) is 0. The number of hydrogen-bond acceptors (Lipinski definition) is 6. The lowest BCUT2D eigenvalue weighted by molar-refractivity contribution is 1.22. The highest BCUT2D eigenvalue weighted by molar-refractivity contribution is 8.00. The van der Waals surface area contributed by atoms with Crippen molar-refractivity contribution in [3.63, 3.8) is 0 Å². The monoisotopic (exact) mass is 1040 g/mol. The first kappa shape index (κ1) is 46.2. The Morgan fingerprint density at radius 3 is 1.25 bits per heavy atom. The number of nitrogens with zero attached hydrogens (tertiary/aromatic N) is 5. The molecule has 0 saturated heterocycles. The Hall–Kier alpha value is -9.88. The third kappa shape index (κ3) is 7.37. The summed E-state index contributed by atoms with van der Waals surface area (Å²) in [5.74, 6) is 0. The van der Waals surface area contributed by atoms with Gasteiger partial charge < -0.3 is 24.4 Å². The van der Waals surface area contributed by atoms with Gasteiger partial charge in [-0.3, -0.25) is 0 Å². The summed E-state index contributed by atoms with van der Waals surface area (Å²) in [5, 5.41) is 0. The lowest BCUT2D eigenvalue weighted by atomic mass is 9.32. The van der Waals surface area contributed by atoms with Gasteiger partial charge in [0.2, 0.25) is 0 Å². The van der Waals surface area contributed by atoms with Crippen LogP contribution >= 0.6 is 11.8 Å². The van der Waals surface area contributed by atoms with Crippen LogP contribution in [0.1, 0.15) is 0 Å². The molecule has 8 heteroatoms. The fourth-order valence-electron chi connectivity index (χ4n) is 13.1. The second kappa shape index (κ2) is 18.9. The number of rotatable bonds is 9. The molecule has 0 bridgehead atoms. The first-order valence-electron chi connectivity index (χ1n) is 27.5. The SMILES string of the molecule is c1ccc(N2B3c4cc5c(cc4Sc4cc(N(c6ccccc6)c6ccccc6)cc(c43)-c3ccccc32)N(c2ccccc2)c2cc(N(c3ccccc3)c3ccccc3)cc3c2B5c2ccccc2N3c2ccccc2)cc1. The molecule has 0 aliphatic carbocycles. The fourth-order valence-corrected chi connectivity index (χ4v) is 14.3. The standard InChI is InChI=1S/C72H49B2N5S/c1-8-26-50(27-9-1)75(51-28-10-2-11-29-51)57-44-60-59-40-22-24-42-64(59)79(56-38-20-7-21-39-56)74-63-48-62-66(49-69(63)80-70(47-57)71(60)74)78(55-36-18-6-19-37-55)68-46-58(76(52-30-12-3-13-31-52)53-32-14-4-15-33-53)45-67-72(68)73(62)61-41-23-25-43-65(61)77(67)54-34-16-5-17-35-54/h1-49H. The van der Waals surface area contributed by atoms with Gasteiger partial charge in [0.05, 0.1) is 5.69 Å². The van der Waals surface area contributed by atoms with Crippen molar-refractivity contribution in [3.8, 4) is 11.1 Å². The quantitative estimate of drug-likeness (QED) is 0.133. The van der Waals surface area contributed by atoms with E-state index in [1.807, 2.05) is 11.8 Å². The summed E-state index contributed by atoms with van der Waals surface area (Å²) in [6, 6.07) is 109. The van der Waals surface area contributed by atoms with Gasteiger partial charge in [-0.2, -0.15) is 0 Å². The molecule has 4 heterocycles. The molecule has 16 rings (SSSR count). The first-order chi connectivity index (χ1) is 39.7. The lowest BCUT2D eigenvalue weighted by Gasteiger charge is -2.46. The van der Waals surface area contributed by atoms with Gasteiger partial charge in [0.25, 0.3) is 6.71 Å². The highest BCUT2D eigenvalue weighted by atomic mass is 32.2. The summed E-state index contributed by atoms with van der Waals surface area (Å²) in [4.78, 5) is 15.0. The maximum Gasteiger partial charge on any atom is 0.331 e. The normalized spacial score (nSPS) is 13.1. The molecule has 5 nitrogen and oxygen atoms in total. The molecule has 12 aromatic rings. The maximum atomic E-state index is 2.62. The number of anilines is 14. The highest BCUT2D eigenvalue weighted by Gasteiger charge is 2.48. The molecule has 374 valence electrons. The van der Waals surface area contributed by atoms with Crippen molar-refractivity contribution in [1.29, 1.82) is 0 Å². The number of benzene rings is 12. The van der Waals surface area contributed by atoms with E-state index in [-0.39, 0.29) is 13.6 Å². The average molecular weight is 1040 g/mol. The van der Waals surface area contributed by atoms with Crippen molar-refractivity contribution in [2.24, 2.45) is 0 Å². The molecular formula is C72H49B2N5S. The van der Waals surface area contributed by atoms with E-state index in [1.54, 1.807) is 0 Å². The molecule has 0 atom stereocenters. The summed E-state index contributed by atoms with van der Waals surface area (Å²) in [6.07, 6.45) is 0. The molecular weight excluding hydrogens is 989 g/mol. The Morgan fingerprint density at radius 1 is 0.275 bits per heavy atom. The molecule has 0 amide bonds. The Bertz CT molecular complexity index is 4230. The third-order valence-corrected chi connectivity index (χ3v) is 17.5. The van der Waals surface area contributed by atoms with Gasteiger partial charge in [0.15, 0.2) is 0 Å². The number of para-hydroxylation sites is 9. The zero-order valence-electron chi connectivity index (χ0n) is 43.6. The van der Waals surface area contributed by atoms with E-state index < -0.39 is 0 Å². The molecule has 4 aliphatic rings. The fraction of sp³-hybridized carbons (Fsp3) is 0. The molecule has 0 fully saturated rings. The van der Waals surface area contributed by atoms with E-state index in [0.29, 0.717) is 0 Å². The molecule has 0 aromatic heterocycles. The molecule has 0 radical (unpaired) electrons. The second-order valence-corrected chi connectivity index (χ2v) is 21.9. The van der Waals surface area contributed by atoms with Gasteiger partial charge >= 0.3 is 6.85 Å². The van der Waals surface area contributed by atoms with Gasteiger partial charge in [-0.15, -0.1) is 0 Å². The van der Waals surface area contributed by atoms with Crippen LogP contribution < -0.4 is 51.7 Å². The third-order valence-electron chi connectivity index (χ3n) is 16.4. The molecule has 80 heavy (non-hydrogen) atoms. The van der Waals surface area contributed by atoms with E-state index in [4.69, 9.17) is 0 Å². The smallest absolute Gasteiger partial charge is 0.331 e. The molecule has 0 unspecified atom stereocenters. The number of fused-ring (bicyclic) bond motifs is 8. The van der Waals surface area contributed by atoms with Gasteiger partial charge in [-0.1, -0.05) is 182 Å². The topological polar surface area (TPSA) is 16.2 Å². The molecule has 0 saturated carbocycles. The van der Waals surface area contributed by atoms with Gasteiger partial charge in [-0.25, -0.2) is 0 Å². The van der Waals surface area contributed by atoms with Crippen LogP contribution in [0.2, 0.25) is 0 Å². The predicted molar refractivity (Wildman–Crippen MR) is 339 cm³/mol. The highest BCUT2D eigenvalue weighted by Crippen LogP contribution is 2.52. The maximum absolute atomic E-state index is 2.62. The first-order valence-corrected chi connectivity index (χ1v) is 28.3. The largest absolute Gasteiger partial charge is 0.376 e. The van der Waals surface area contributed by atoms with E-state index in [2.05, 4.69) is 322 Å². The summed E-state index contributed by atoms with van der Waals surface area (Å²) in [5.41, 5.74) is 24.8. The molecule has 4 aliphatic heterocycles. The predicted octanol–water partition coefficient (Wildman–Crippen LogP) is 16.1. The van der Waals surface area contributed by atoms with E-state index in [1.165, 1.54) is 65.3 Å². The van der Waals surface area contributed by atoms with Crippen LogP contribution in [0.4, 0.5) is 79.6 Å². The van der Waals surface area contributed by atoms with E-state index >= 15 is 0 Å². The van der Waals surface area contributed by atoms with Gasteiger partial charge in [0.1, 0.15) is 0 Å². The minimum absolute atomic E-state index is 0.105. The van der Waals surface area contributed by atoms with Crippen LogP contribution in [-0.2, 0) is 0 Å². The van der Waals surface area contributed by atoms with Crippen LogP contribution in [-0.4, -0.2) is 13.6 Å². The van der Waals surface area contributed by atoms with E-state index in [9.17, 15) is 0 Å². The minimum atomic E-state index is -0.145. The molecule has 0 spiro atoms. The van der Waals surface area contributed by atoms with Crippen LogP contribution in [0.25, 0.3) is 11.1 Å². The van der Waals surface area contributed by atoms with Gasteiger partial charge in [-0.05, 0) is 160 Å². The summed E-state index contributed by atoms with van der Waals surface area (Å²) in [6.45, 7) is -0.250. The Balaban J connectivity index is 0.990. The Kier molecular flexibility index (Phi) is 10.9. The van der Waals surface area contributed by atoms with Crippen LogP contribution in [0, 0.1) is 0 Å². The Labute approximate surface area is 472 Å². The summed E-state index contributed by atoms with van der Waals surface area (Å²) < 4.78 is 0. The second-order valence-electron chi connectivity index (χ2n) is 20.8. The molecule has 12 aromatic carbocycles. The van der Waals surface area contributed by atoms with Crippen molar-refractivity contribution in [1.82, 2.24) is 0 Å². The van der Waals surface area contributed by atoms with Crippen LogP contribution in [0.3, 0.4) is 0 Å². The van der Waals surface area contributed by atoms with Gasteiger partial charge in [0, 0.05) is 89.3 Å². The number of hydrogen-bond donors (Lipinski definition) is 0. The van der Waals surface area contributed by atoms with Crippen molar-refractivity contribution in [2.75, 3.05) is 24.4 Å². The summed E-state index contributed by atoms with van der Waals surface area (Å²) >= 11 is 1.91. The lowest BCUT2D eigenvalue weighted by Crippen LogP contribution is -2.64. The molecule has 0 N–H and O–H groups in total. The van der Waals surface area contributed by atoms with Crippen molar-refractivity contribution >= 4 is 132 Å². The van der Waals surface area contributed by atoms with Crippen molar-refractivity contribution < 1.29 is 0 Å². The van der Waals surface area contributed by atoms with Crippen molar-refractivity contribution in [3.05, 3.63) is 297 Å². The van der Waals surface area contributed by atoms with E-state index in [0.717, 1.165) is 62.6 Å². The average Bonchev–Trinajstić information content (AvgIpc) is 3.01. The van der Waals surface area contributed by atoms with Crippen LogP contribution in [0.5, 0.6) is 0 Å². The van der Waals surface area contributed by atoms with Crippen molar-refractivity contribution in [2.45, 2.75) is 9.79 Å². The zero-order valence-corrected chi connectivity index (χ0v) is 44.4. The van der Waals surface area contributed by atoms with Crippen LogP contribution in [0.15, 0.2) is 307 Å². The minimum Gasteiger partial charge on any atom is -0.376 e.